The molecule has 4 heteroatoms. The van der Waals surface area contributed by atoms with E-state index in [4.69, 9.17) is 0 Å². The van der Waals surface area contributed by atoms with Crippen LogP contribution in [0, 0.1) is 18.6 Å². The Kier molecular flexibility index (Phi) is 4.32. The van der Waals surface area contributed by atoms with Crippen molar-refractivity contribution in [2.45, 2.75) is 13.0 Å². The summed E-state index contributed by atoms with van der Waals surface area (Å²) < 4.78 is 27.7. The lowest BCUT2D eigenvalue weighted by Crippen LogP contribution is -2.19. The summed E-state index contributed by atoms with van der Waals surface area (Å²) in [5.41, 5.74) is 2.32. The predicted molar refractivity (Wildman–Crippen MR) is 76.1 cm³/mol. The summed E-state index contributed by atoms with van der Waals surface area (Å²) in [7, 11) is 1.73. The molecule has 0 radical (unpaired) electrons. The van der Waals surface area contributed by atoms with Gasteiger partial charge in [0.25, 0.3) is 0 Å². The Balaban J connectivity index is 2.47. The smallest absolute Gasteiger partial charge is 0.137 e. The van der Waals surface area contributed by atoms with Crippen LogP contribution in [0.2, 0.25) is 0 Å². The predicted octanol–water partition coefficient (Wildman–Crippen LogP) is 4.34. The highest BCUT2D eigenvalue weighted by molar-refractivity contribution is 9.10. The van der Waals surface area contributed by atoms with E-state index < -0.39 is 11.6 Å². The van der Waals surface area contributed by atoms with Gasteiger partial charge in [-0.05, 0) is 47.6 Å². The second-order valence-electron chi connectivity index (χ2n) is 4.42. The molecule has 1 N–H and O–H groups in total. The molecular formula is C15H14BrF2N. The standard InChI is InChI=1S/C15H14BrF2N/c1-9-3-5-10(6-4-9)15(19-2)11-7-14(18)12(16)8-13(11)17/h3-8,15,19H,1-2H3. The zero-order valence-electron chi connectivity index (χ0n) is 10.7. The Morgan fingerprint density at radius 1 is 1.05 bits per heavy atom. The molecule has 0 aliphatic heterocycles. The Hall–Kier alpha value is -1.26. The molecule has 0 saturated carbocycles. The van der Waals surface area contributed by atoms with E-state index >= 15 is 0 Å². The van der Waals surface area contributed by atoms with E-state index in [9.17, 15) is 8.78 Å². The molecule has 0 amide bonds. The minimum Gasteiger partial charge on any atom is -0.309 e. The van der Waals surface area contributed by atoms with Crippen molar-refractivity contribution in [1.82, 2.24) is 5.32 Å². The summed E-state index contributed by atoms with van der Waals surface area (Å²) in [6.45, 7) is 1.98. The Morgan fingerprint density at radius 3 is 2.26 bits per heavy atom. The van der Waals surface area contributed by atoms with Gasteiger partial charge in [0.05, 0.1) is 10.5 Å². The topological polar surface area (TPSA) is 12.0 Å². The van der Waals surface area contributed by atoms with E-state index in [2.05, 4.69) is 21.2 Å². The third kappa shape index (κ3) is 3.01. The number of halogens is 3. The lowest BCUT2D eigenvalue weighted by molar-refractivity contribution is 0.554. The largest absolute Gasteiger partial charge is 0.309 e. The minimum atomic E-state index is -0.469. The van der Waals surface area contributed by atoms with Gasteiger partial charge in [-0.1, -0.05) is 29.8 Å². The van der Waals surface area contributed by atoms with Gasteiger partial charge in [-0.25, -0.2) is 8.78 Å². The van der Waals surface area contributed by atoms with E-state index in [0.717, 1.165) is 17.2 Å². The van der Waals surface area contributed by atoms with Gasteiger partial charge in [0.1, 0.15) is 11.6 Å². The van der Waals surface area contributed by atoms with Crippen molar-refractivity contribution in [3.05, 3.63) is 69.2 Å². The van der Waals surface area contributed by atoms with Gasteiger partial charge in [-0.3, -0.25) is 0 Å². The molecule has 0 fully saturated rings. The first-order valence-electron chi connectivity index (χ1n) is 5.91. The quantitative estimate of drug-likeness (QED) is 0.827. The van der Waals surface area contributed by atoms with Gasteiger partial charge in [0, 0.05) is 5.56 Å². The number of nitrogens with one attached hydrogen (secondary N) is 1. The molecular weight excluding hydrogens is 312 g/mol. The van der Waals surface area contributed by atoms with E-state index in [-0.39, 0.29) is 10.5 Å². The summed E-state index contributed by atoms with van der Waals surface area (Å²) in [6.07, 6.45) is 0. The average molecular weight is 326 g/mol. The van der Waals surface area contributed by atoms with Crippen LogP contribution in [-0.4, -0.2) is 7.05 Å². The van der Waals surface area contributed by atoms with E-state index in [0.29, 0.717) is 5.56 Å². The fourth-order valence-electron chi connectivity index (χ4n) is 2.02. The third-order valence-electron chi connectivity index (χ3n) is 3.05. The molecule has 1 atom stereocenters. The number of benzene rings is 2. The van der Waals surface area contributed by atoms with Crippen molar-refractivity contribution in [3.63, 3.8) is 0 Å². The van der Waals surface area contributed by atoms with Crippen molar-refractivity contribution in [1.29, 1.82) is 0 Å². The molecule has 2 rings (SSSR count). The summed E-state index contributed by atoms with van der Waals surface area (Å²) >= 11 is 2.98. The highest BCUT2D eigenvalue weighted by Gasteiger charge is 2.18. The van der Waals surface area contributed by atoms with Crippen molar-refractivity contribution in [2.24, 2.45) is 0 Å². The molecule has 0 spiro atoms. The summed E-state index contributed by atoms with van der Waals surface area (Å²) in [5.74, 6) is -0.906. The van der Waals surface area contributed by atoms with Crippen LogP contribution in [0.3, 0.4) is 0 Å². The third-order valence-corrected chi connectivity index (χ3v) is 3.66. The molecule has 0 saturated heterocycles. The molecule has 0 aliphatic carbocycles. The van der Waals surface area contributed by atoms with E-state index in [1.54, 1.807) is 7.05 Å². The Morgan fingerprint density at radius 2 is 1.68 bits per heavy atom. The van der Waals surface area contributed by atoms with Crippen molar-refractivity contribution in [3.8, 4) is 0 Å². The van der Waals surface area contributed by atoms with Gasteiger partial charge < -0.3 is 5.32 Å². The van der Waals surface area contributed by atoms with Crippen molar-refractivity contribution in [2.75, 3.05) is 7.05 Å². The molecule has 1 unspecified atom stereocenters. The van der Waals surface area contributed by atoms with Crippen LogP contribution in [0.4, 0.5) is 8.78 Å². The van der Waals surface area contributed by atoms with Gasteiger partial charge in [-0.2, -0.15) is 0 Å². The molecule has 19 heavy (non-hydrogen) atoms. The molecule has 0 heterocycles. The summed E-state index contributed by atoms with van der Waals surface area (Å²) in [6, 6.07) is 9.73. The minimum absolute atomic E-state index is 0.132. The molecule has 0 aromatic heterocycles. The van der Waals surface area contributed by atoms with E-state index in [1.165, 1.54) is 6.07 Å². The first kappa shape index (κ1) is 14.2. The van der Waals surface area contributed by atoms with Gasteiger partial charge >= 0.3 is 0 Å². The number of aryl methyl sites for hydroxylation is 1. The van der Waals surface area contributed by atoms with E-state index in [1.807, 2.05) is 31.2 Å². The molecule has 1 nitrogen and oxygen atoms in total. The molecule has 0 aliphatic rings. The van der Waals surface area contributed by atoms with Crippen molar-refractivity contribution >= 4 is 15.9 Å². The second-order valence-corrected chi connectivity index (χ2v) is 5.27. The van der Waals surface area contributed by atoms with Crippen LogP contribution in [-0.2, 0) is 0 Å². The fraction of sp³-hybridized carbons (Fsp3) is 0.200. The molecule has 2 aromatic rings. The first-order chi connectivity index (χ1) is 9.02. The Bertz CT molecular complexity index is 581. The van der Waals surface area contributed by atoms with Crippen LogP contribution in [0.15, 0.2) is 40.9 Å². The van der Waals surface area contributed by atoms with Gasteiger partial charge in [0.2, 0.25) is 0 Å². The van der Waals surface area contributed by atoms with Crippen LogP contribution >= 0.6 is 15.9 Å². The molecule has 0 bridgehead atoms. The Labute approximate surface area is 119 Å². The first-order valence-corrected chi connectivity index (χ1v) is 6.70. The summed E-state index contributed by atoms with van der Waals surface area (Å²) in [5, 5.41) is 3.02. The maximum Gasteiger partial charge on any atom is 0.137 e. The highest BCUT2D eigenvalue weighted by atomic mass is 79.9. The normalized spacial score (nSPS) is 12.5. The van der Waals surface area contributed by atoms with Gasteiger partial charge in [0.15, 0.2) is 0 Å². The zero-order chi connectivity index (χ0) is 14.0. The maximum atomic E-state index is 14.0. The van der Waals surface area contributed by atoms with Crippen LogP contribution in [0.5, 0.6) is 0 Å². The SMILES string of the molecule is CNC(c1ccc(C)cc1)c1cc(F)c(Br)cc1F. The lowest BCUT2D eigenvalue weighted by Gasteiger charge is -2.18. The average Bonchev–Trinajstić information content (AvgIpc) is 2.38. The monoisotopic (exact) mass is 325 g/mol. The molecule has 2 aromatic carbocycles. The number of hydrogen-bond donors (Lipinski definition) is 1. The summed E-state index contributed by atoms with van der Waals surface area (Å²) in [4.78, 5) is 0. The maximum absolute atomic E-state index is 14.0. The molecule has 100 valence electrons. The van der Waals surface area contributed by atoms with Crippen LogP contribution in [0.1, 0.15) is 22.7 Å². The number of hydrogen-bond acceptors (Lipinski definition) is 1. The fourth-order valence-corrected chi connectivity index (χ4v) is 2.34. The van der Waals surface area contributed by atoms with Gasteiger partial charge in [-0.15, -0.1) is 0 Å². The van der Waals surface area contributed by atoms with Crippen LogP contribution in [0.25, 0.3) is 0 Å². The lowest BCUT2D eigenvalue weighted by atomic mass is 9.97. The number of rotatable bonds is 3. The highest BCUT2D eigenvalue weighted by Crippen LogP contribution is 2.28. The second kappa shape index (κ2) is 5.80. The van der Waals surface area contributed by atoms with Crippen molar-refractivity contribution < 1.29 is 8.78 Å². The van der Waals surface area contributed by atoms with Crippen LogP contribution < -0.4 is 5.32 Å². The zero-order valence-corrected chi connectivity index (χ0v) is 12.3.